The summed E-state index contributed by atoms with van der Waals surface area (Å²) in [5.74, 6) is 0. The minimum atomic E-state index is -3.05. The van der Waals surface area contributed by atoms with E-state index in [9.17, 15) is 0 Å². The Morgan fingerprint density at radius 3 is 1.72 bits per heavy atom. The van der Waals surface area contributed by atoms with Gasteiger partial charge in [0.2, 0.25) is 0 Å². The number of fused-ring (bicyclic) bond motifs is 4. The quantitative estimate of drug-likeness (QED) is 0.127. The van der Waals surface area contributed by atoms with Crippen molar-refractivity contribution >= 4 is 52.3 Å². The van der Waals surface area contributed by atoms with Gasteiger partial charge in [-0.3, -0.25) is 0 Å². The van der Waals surface area contributed by atoms with Crippen LogP contribution in [0, 0.1) is 13.7 Å². The molecule has 260 valence electrons. The van der Waals surface area contributed by atoms with Crippen LogP contribution in [0.4, 0.5) is 0 Å². The number of rotatable bonds is 5. The first-order chi connectivity index (χ1) is 28.0. The summed E-state index contributed by atoms with van der Waals surface area (Å²) in [5, 5.41) is 5.06. The molecule has 0 radical (unpaired) electrons. The molecule has 0 spiro atoms. The van der Waals surface area contributed by atoms with Crippen LogP contribution in [-0.4, -0.2) is 8.07 Å². The molecule has 0 saturated carbocycles. The molecule has 53 heavy (non-hydrogen) atoms. The molecule has 7 aromatic rings. The van der Waals surface area contributed by atoms with Gasteiger partial charge in [-0.2, -0.15) is 0 Å². The molecule has 2 heterocycles. The van der Waals surface area contributed by atoms with Gasteiger partial charge in [0.05, 0.1) is 0 Å². The van der Waals surface area contributed by atoms with Crippen LogP contribution in [-0.2, 0) is 10.8 Å². The second-order valence-corrected chi connectivity index (χ2v) is 21.1. The summed E-state index contributed by atoms with van der Waals surface area (Å²) in [6.45, 7) is 4.30. The fourth-order valence-corrected chi connectivity index (χ4v) is 17.3. The van der Waals surface area contributed by atoms with E-state index >= 15 is 0 Å². The molecule has 0 N–H and O–H groups in total. The van der Waals surface area contributed by atoms with Gasteiger partial charge in [0.1, 0.15) is 0 Å². The lowest BCUT2D eigenvalue weighted by molar-refractivity contribution is 0.607. The Hall–Kier alpha value is -4.54. The first-order valence-electron chi connectivity index (χ1n) is 21.2. The second-order valence-electron chi connectivity index (χ2n) is 15.3. The molecular weight excluding hydrogens is 693 g/mol. The van der Waals surface area contributed by atoms with Gasteiger partial charge >= 0.3 is 0 Å². The zero-order valence-corrected chi connectivity index (χ0v) is 33.0. The lowest BCUT2D eigenvalue weighted by Gasteiger charge is -2.41. The maximum absolute atomic E-state index is 8.75. The number of benzene rings is 7. The molecule has 0 saturated heterocycles. The van der Waals surface area contributed by atoms with E-state index in [4.69, 9.17) is 8.22 Å². The molecule has 7 aromatic carbocycles. The lowest BCUT2D eigenvalue weighted by Crippen LogP contribution is -2.75. The fraction of sp³-hybridized carbons (Fsp3) is 0.160. The van der Waals surface area contributed by atoms with Crippen molar-refractivity contribution in [1.29, 1.82) is 0 Å². The summed E-state index contributed by atoms with van der Waals surface area (Å²) in [5.41, 5.74) is 6.05. The van der Waals surface area contributed by atoms with Crippen molar-refractivity contribution in [3.8, 4) is 11.1 Å². The highest BCUT2D eigenvalue weighted by Crippen LogP contribution is 2.53. The lowest BCUT2D eigenvalue weighted by atomic mass is 9.76. The highest BCUT2D eigenvalue weighted by Gasteiger charge is 2.46. The van der Waals surface area contributed by atoms with Gasteiger partial charge in [-0.25, -0.2) is 0 Å². The average molecular weight is 743 g/mol. The van der Waals surface area contributed by atoms with Crippen molar-refractivity contribution in [3.05, 3.63) is 191 Å². The summed E-state index contributed by atoms with van der Waals surface area (Å²) in [7, 11) is -3.05. The van der Waals surface area contributed by atoms with E-state index in [0.717, 1.165) is 26.5 Å². The molecule has 0 nitrogen and oxygen atoms in total. The molecule has 2 aliphatic rings. The predicted molar refractivity (Wildman–Crippen MR) is 230 cm³/mol. The molecule has 3 heteroatoms. The van der Waals surface area contributed by atoms with E-state index in [1.165, 1.54) is 53.4 Å². The Kier molecular flexibility index (Phi) is 6.76. The van der Waals surface area contributed by atoms with E-state index in [2.05, 4.69) is 155 Å². The van der Waals surface area contributed by atoms with Crippen LogP contribution < -0.4 is 20.7 Å². The Labute approximate surface area is 333 Å². The maximum Gasteiger partial charge on any atom is 0.180 e. The number of aryl methyl sites for hydroxylation is 2. The van der Waals surface area contributed by atoms with Crippen LogP contribution in [0.3, 0.4) is 0 Å². The topological polar surface area (TPSA) is 0 Å². The molecule has 0 atom stereocenters. The molecule has 0 fully saturated rings. The minimum Gasteiger partial charge on any atom is -0.0895 e. The van der Waals surface area contributed by atoms with Crippen molar-refractivity contribution in [2.24, 2.45) is 0 Å². The van der Waals surface area contributed by atoms with Gasteiger partial charge in [-0.05, 0) is 91.1 Å². The zero-order chi connectivity index (χ0) is 41.5. The van der Waals surface area contributed by atoms with Gasteiger partial charge in [0.15, 0.2) is 8.07 Å². The Morgan fingerprint density at radius 2 is 1.04 bits per heavy atom. The molecule has 0 unspecified atom stereocenters. The summed E-state index contributed by atoms with van der Waals surface area (Å²) in [6, 6.07) is 55.4. The van der Waals surface area contributed by atoms with Gasteiger partial charge in [-0.1, -0.05) is 197 Å². The van der Waals surface area contributed by atoms with Gasteiger partial charge in [0, 0.05) is 38.6 Å². The van der Waals surface area contributed by atoms with Crippen LogP contribution in [0.5, 0.6) is 0 Å². The molecule has 2 aliphatic heterocycles. The van der Waals surface area contributed by atoms with Gasteiger partial charge in [0.25, 0.3) is 0 Å². The van der Waals surface area contributed by atoms with Crippen molar-refractivity contribution in [1.82, 2.24) is 0 Å². The van der Waals surface area contributed by atoms with Gasteiger partial charge < -0.3 is 0 Å². The predicted octanol–water partition coefficient (Wildman–Crippen LogP) is 10.9. The molecular formula is C50H44S2Si. The normalized spacial score (nSPS) is 17.3. The Balaban J connectivity index is 1.29. The highest BCUT2D eigenvalue weighted by molar-refractivity contribution is 8.00. The first kappa shape index (κ1) is 28.0. The highest BCUT2D eigenvalue weighted by atomic mass is 32.2. The second kappa shape index (κ2) is 12.8. The third-order valence-corrected chi connectivity index (χ3v) is 19.0. The molecule has 0 aliphatic carbocycles. The van der Waals surface area contributed by atoms with E-state index in [1.807, 2.05) is 23.9 Å². The third kappa shape index (κ3) is 5.27. The smallest absolute Gasteiger partial charge is 0.0895 e. The van der Waals surface area contributed by atoms with E-state index in [0.29, 0.717) is 5.56 Å². The summed E-state index contributed by atoms with van der Waals surface area (Å²) < 4.78 is 50.7. The van der Waals surface area contributed by atoms with Crippen molar-refractivity contribution in [3.63, 3.8) is 0 Å². The molecule has 0 bridgehead atoms. The monoisotopic (exact) mass is 742 g/mol. The van der Waals surface area contributed by atoms with Crippen LogP contribution >= 0.6 is 23.5 Å². The van der Waals surface area contributed by atoms with Crippen LogP contribution in [0.15, 0.2) is 177 Å². The summed E-state index contributed by atoms with van der Waals surface area (Å²) >= 11 is 3.36. The number of hydrogen-bond donors (Lipinski definition) is 0. The number of hydrogen-bond acceptors (Lipinski definition) is 2. The van der Waals surface area contributed by atoms with Crippen LogP contribution in [0.2, 0.25) is 0 Å². The van der Waals surface area contributed by atoms with Crippen molar-refractivity contribution < 1.29 is 8.22 Å². The SMILES string of the molecule is [2H]C([2H])([2H])c1ccc2c(c1)Sc1c(ccc(C([2H])([2H])[2H])c1-c1ccc([Si](c3ccccc3)(c3ccccc3)c3cccc4c3Sc3ccccc3C4(C)C)cc1)C2(C)C. The van der Waals surface area contributed by atoms with Gasteiger partial charge in [-0.15, -0.1) is 0 Å². The largest absolute Gasteiger partial charge is 0.180 e. The summed E-state index contributed by atoms with van der Waals surface area (Å²) in [4.78, 5) is 4.27. The standard InChI is InChI=1S/C50H44S2Si/c1-33-24-30-40-44(32-33)52-48-42(50(40,5)6)31-25-34(2)46(48)35-26-28-38(29-27-35)53(36-16-9-7-10-17-36,37-18-11-8-12-19-37)45-23-15-21-41-47(45)51-43-22-14-13-20-39(43)49(41,3)4/h7-32H,1-6H3/i1D3,2D3. The minimum absolute atomic E-state index is 0.211. The van der Waals surface area contributed by atoms with Crippen molar-refractivity contribution in [2.45, 2.75) is 71.8 Å². The molecule has 0 aromatic heterocycles. The zero-order valence-electron chi connectivity index (χ0n) is 36.3. The third-order valence-electron chi connectivity index (χ3n) is 11.6. The van der Waals surface area contributed by atoms with E-state index in [-0.39, 0.29) is 16.5 Å². The van der Waals surface area contributed by atoms with E-state index in [1.54, 1.807) is 18.2 Å². The maximum atomic E-state index is 8.75. The Morgan fingerprint density at radius 1 is 0.472 bits per heavy atom. The summed E-state index contributed by atoms with van der Waals surface area (Å²) in [6.07, 6.45) is 0. The Bertz CT molecular complexity index is 2700. The fourth-order valence-electron chi connectivity index (χ4n) is 8.84. The first-order valence-corrected chi connectivity index (χ1v) is 21.8. The van der Waals surface area contributed by atoms with Crippen LogP contribution in [0.1, 0.15) is 69.3 Å². The van der Waals surface area contributed by atoms with E-state index < -0.39 is 27.2 Å². The van der Waals surface area contributed by atoms with Crippen molar-refractivity contribution in [2.75, 3.05) is 0 Å². The van der Waals surface area contributed by atoms with Crippen LogP contribution in [0.25, 0.3) is 11.1 Å². The molecule has 0 amide bonds. The molecule has 9 rings (SSSR count). The average Bonchev–Trinajstić information content (AvgIpc) is 3.21.